The molecule has 1 heterocycles. The van der Waals surface area contributed by atoms with E-state index in [1.165, 1.54) is 6.42 Å². The fourth-order valence-corrected chi connectivity index (χ4v) is 6.89. The lowest BCUT2D eigenvalue weighted by molar-refractivity contribution is -0.136. The molecule has 3 amide bonds. The van der Waals surface area contributed by atoms with Crippen LogP contribution in [-0.4, -0.2) is 60.9 Å². The fraction of sp³-hybridized carbons (Fsp3) is 0.583. The molecule has 44 heavy (non-hydrogen) atoms. The van der Waals surface area contributed by atoms with Crippen LogP contribution in [0.25, 0.3) is 0 Å². The highest BCUT2D eigenvalue weighted by Gasteiger charge is 2.28. The summed E-state index contributed by atoms with van der Waals surface area (Å²) in [5.74, 6) is 0.110. The number of benzene rings is 2. The molecular weight excluding hydrogens is 550 g/mol. The Morgan fingerprint density at radius 3 is 2.11 bits per heavy atom. The summed E-state index contributed by atoms with van der Waals surface area (Å²) in [5, 5.41) is 6.32. The molecule has 1 saturated heterocycles. The molecule has 8 heteroatoms. The van der Waals surface area contributed by atoms with E-state index >= 15 is 0 Å². The zero-order valence-corrected chi connectivity index (χ0v) is 26.9. The minimum absolute atomic E-state index is 0.00765. The van der Waals surface area contributed by atoms with Crippen LogP contribution >= 0.6 is 0 Å². The van der Waals surface area contributed by atoms with Gasteiger partial charge in [0.05, 0.1) is 11.4 Å². The van der Waals surface area contributed by atoms with Gasteiger partial charge in [0, 0.05) is 55.3 Å². The highest BCUT2D eigenvalue weighted by Crippen LogP contribution is 2.31. The van der Waals surface area contributed by atoms with Gasteiger partial charge in [-0.1, -0.05) is 52.2 Å². The van der Waals surface area contributed by atoms with E-state index < -0.39 is 0 Å². The number of anilines is 2. The van der Waals surface area contributed by atoms with Gasteiger partial charge in [-0.2, -0.15) is 0 Å². The van der Waals surface area contributed by atoms with Gasteiger partial charge in [0.2, 0.25) is 5.91 Å². The van der Waals surface area contributed by atoms with Crippen LogP contribution in [0, 0.1) is 5.92 Å². The minimum Gasteiger partial charge on any atom is -0.368 e. The summed E-state index contributed by atoms with van der Waals surface area (Å²) >= 11 is 0. The summed E-state index contributed by atoms with van der Waals surface area (Å²) in [6.07, 6.45) is 9.96. The molecule has 0 aromatic heterocycles. The van der Waals surface area contributed by atoms with Gasteiger partial charge in [-0.15, -0.1) is 0 Å². The van der Waals surface area contributed by atoms with Crippen LogP contribution in [0.4, 0.5) is 11.4 Å². The molecule has 0 spiro atoms. The smallest absolute Gasteiger partial charge is 0.255 e. The van der Waals surface area contributed by atoms with Crippen LogP contribution in [0.1, 0.15) is 111 Å². The molecule has 3 aliphatic rings. The molecule has 238 valence electrons. The molecule has 5 rings (SSSR count). The largest absolute Gasteiger partial charge is 0.368 e. The predicted molar refractivity (Wildman–Crippen MR) is 177 cm³/mol. The molecule has 1 aliphatic heterocycles. The van der Waals surface area contributed by atoms with Crippen molar-refractivity contribution < 1.29 is 14.4 Å². The third-order valence-electron chi connectivity index (χ3n) is 9.73. The number of nitrogens with one attached hydrogen (secondary N) is 2. The number of nitrogens with two attached hydrogens (primary N) is 1. The topological polar surface area (TPSA) is 108 Å². The van der Waals surface area contributed by atoms with Gasteiger partial charge in [-0.3, -0.25) is 14.4 Å². The van der Waals surface area contributed by atoms with E-state index in [1.807, 2.05) is 41.3 Å². The molecule has 2 saturated carbocycles. The highest BCUT2D eigenvalue weighted by molar-refractivity contribution is 6.07. The monoisotopic (exact) mass is 601 g/mol. The Balaban J connectivity index is 1.35. The van der Waals surface area contributed by atoms with Crippen molar-refractivity contribution in [1.29, 1.82) is 0 Å². The number of nitrogens with zero attached hydrogens (tertiary/aromatic N) is 2. The Morgan fingerprint density at radius 2 is 1.43 bits per heavy atom. The second-order valence-electron chi connectivity index (χ2n) is 14.1. The summed E-state index contributed by atoms with van der Waals surface area (Å²) in [4.78, 5) is 44.5. The van der Waals surface area contributed by atoms with Gasteiger partial charge >= 0.3 is 0 Å². The molecule has 0 atom stereocenters. The van der Waals surface area contributed by atoms with Crippen molar-refractivity contribution in [2.24, 2.45) is 11.7 Å². The van der Waals surface area contributed by atoms with Crippen LogP contribution in [0.3, 0.4) is 0 Å². The molecule has 2 aliphatic carbocycles. The normalized spacial score (nSPS) is 21.8. The fourth-order valence-electron chi connectivity index (χ4n) is 6.89. The van der Waals surface area contributed by atoms with E-state index in [-0.39, 0.29) is 35.2 Å². The van der Waals surface area contributed by atoms with Crippen LogP contribution in [0.2, 0.25) is 0 Å². The van der Waals surface area contributed by atoms with Gasteiger partial charge < -0.3 is 26.2 Å². The second-order valence-corrected chi connectivity index (χ2v) is 14.1. The molecule has 2 aromatic carbocycles. The molecular formula is C36H51N5O3. The SMILES string of the molecule is CC(C)(C)c1ccc(C(=O)Nc2cc(C(=O)NC3CCC(N)CC3)ccc2N2CCCN(C(=O)C3CCCCC3)CC2)cc1. The number of hydrogen-bond acceptors (Lipinski definition) is 5. The zero-order chi connectivity index (χ0) is 31.3. The molecule has 0 bridgehead atoms. The maximum Gasteiger partial charge on any atom is 0.255 e. The van der Waals surface area contributed by atoms with E-state index in [0.717, 1.165) is 82.1 Å². The van der Waals surface area contributed by atoms with Crippen LogP contribution < -0.4 is 21.3 Å². The van der Waals surface area contributed by atoms with E-state index in [0.29, 0.717) is 35.8 Å². The van der Waals surface area contributed by atoms with E-state index in [4.69, 9.17) is 5.73 Å². The van der Waals surface area contributed by atoms with Crippen molar-refractivity contribution in [3.63, 3.8) is 0 Å². The Bertz CT molecular complexity index is 1300. The average molecular weight is 602 g/mol. The number of carbonyl (C=O) groups excluding carboxylic acids is 3. The highest BCUT2D eigenvalue weighted by atomic mass is 16.2. The van der Waals surface area contributed by atoms with Crippen LogP contribution in [0.5, 0.6) is 0 Å². The Hall–Kier alpha value is -3.39. The Labute approximate surface area is 263 Å². The third-order valence-corrected chi connectivity index (χ3v) is 9.73. The standard InChI is InChI=1S/C36H51N5O3/c1-36(2,3)28-13-10-25(11-14-28)33(42)39-31-24-27(34(43)38-30-17-15-29(37)16-18-30)12-19-32(31)40-20-7-21-41(23-22-40)35(44)26-8-5-4-6-9-26/h10-14,19,24,26,29-30H,4-9,15-18,20-23,37H2,1-3H3,(H,38,43)(H,39,42). The van der Waals surface area contributed by atoms with Crippen molar-refractivity contribution in [1.82, 2.24) is 10.2 Å². The summed E-state index contributed by atoms with van der Waals surface area (Å²) < 4.78 is 0. The van der Waals surface area contributed by atoms with Crippen LogP contribution in [-0.2, 0) is 10.2 Å². The number of amides is 3. The summed E-state index contributed by atoms with van der Waals surface area (Å²) in [7, 11) is 0. The average Bonchev–Trinajstić information content (AvgIpc) is 3.28. The number of carbonyl (C=O) groups is 3. The maximum absolute atomic E-state index is 13.5. The van der Waals surface area contributed by atoms with Gasteiger partial charge in [-0.25, -0.2) is 0 Å². The first-order valence-corrected chi connectivity index (χ1v) is 16.7. The van der Waals surface area contributed by atoms with Crippen molar-refractivity contribution in [2.75, 3.05) is 36.4 Å². The van der Waals surface area contributed by atoms with Gasteiger partial charge in [0.15, 0.2) is 0 Å². The number of hydrogen-bond donors (Lipinski definition) is 3. The van der Waals surface area contributed by atoms with Crippen molar-refractivity contribution in [2.45, 2.75) is 102 Å². The van der Waals surface area contributed by atoms with Crippen molar-refractivity contribution in [3.05, 3.63) is 59.2 Å². The molecule has 4 N–H and O–H groups in total. The maximum atomic E-state index is 13.5. The molecule has 2 aromatic rings. The van der Waals surface area contributed by atoms with Gasteiger partial charge in [0.25, 0.3) is 11.8 Å². The molecule has 0 unspecified atom stereocenters. The minimum atomic E-state index is -0.213. The summed E-state index contributed by atoms with van der Waals surface area (Å²) in [5.41, 5.74) is 9.79. The lowest BCUT2D eigenvalue weighted by atomic mass is 9.86. The predicted octanol–water partition coefficient (Wildman–Crippen LogP) is 5.86. The van der Waals surface area contributed by atoms with E-state index in [2.05, 4.69) is 36.3 Å². The number of rotatable bonds is 6. The molecule has 8 nitrogen and oxygen atoms in total. The third kappa shape index (κ3) is 8.00. The lowest BCUT2D eigenvalue weighted by Gasteiger charge is -2.29. The van der Waals surface area contributed by atoms with Crippen molar-refractivity contribution in [3.8, 4) is 0 Å². The van der Waals surface area contributed by atoms with Gasteiger partial charge in [-0.05, 0) is 86.3 Å². The van der Waals surface area contributed by atoms with E-state index in [1.54, 1.807) is 6.07 Å². The van der Waals surface area contributed by atoms with Crippen LogP contribution in [0.15, 0.2) is 42.5 Å². The summed E-state index contributed by atoms with van der Waals surface area (Å²) in [6.45, 7) is 9.30. The molecule has 0 radical (unpaired) electrons. The Kier molecular flexibility index (Phi) is 10.3. The zero-order valence-electron chi connectivity index (χ0n) is 26.9. The van der Waals surface area contributed by atoms with E-state index in [9.17, 15) is 14.4 Å². The first-order valence-electron chi connectivity index (χ1n) is 16.7. The molecule has 3 fully saturated rings. The van der Waals surface area contributed by atoms with Crippen molar-refractivity contribution >= 4 is 29.1 Å². The quantitative estimate of drug-likeness (QED) is 0.385. The second kappa shape index (κ2) is 14.1. The Morgan fingerprint density at radius 1 is 0.750 bits per heavy atom. The summed E-state index contributed by atoms with van der Waals surface area (Å²) in [6, 6.07) is 13.7. The first-order chi connectivity index (χ1) is 21.1. The first kappa shape index (κ1) is 32.0. The van der Waals surface area contributed by atoms with Gasteiger partial charge in [0.1, 0.15) is 0 Å². The lowest BCUT2D eigenvalue weighted by Crippen LogP contribution is -2.40.